The van der Waals surface area contributed by atoms with Crippen LogP contribution in [0.25, 0.3) is 32.8 Å². The van der Waals surface area contributed by atoms with Crippen LogP contribution in [0, 0.1) is 0 Å². The molecule has 3 heterocycles. The van der Waals surface area contributed by atoms with E-state index in [0.29, 0.717) is 16.6 Å². The van der Waals surface area contributed by atoms with E-state index in [-0.39, 0.29) is 18.0 Å². The fourth-order valence-electron chi connectivity index (χ4n) is 3.91. The molecular formula is C25H21N5O2S. The second-order valence-electron chi connectivity index (χ2n) is 7.56. The van der Waals surface area contributed by atoms with Crippen LogP contribution in [0.5, 0.6) is 0 Å². The van der Waals surface area contributed by atoms with Gasteiger partial charge in [-0.2, -0.15) is 0 Å². The molecule has 0 radical (unpaired) electrons. The van der Waals surface area contributed by atoms with Crippen molar-refractivity contribution in [3.63, 3.8) is 0 Å². The average Bonchev–Trinajstić information content (AvgIpc) is 2.86. The zero-order valence-electron chi connectivity index (χ0n) is 17.7. The number of benzene rings is 2. The molecule has 0 aliphatic rings. The molecule has 0 aliphatic heterocycles. The van der Waals surface area contributed by atoms with Crippen LogP contribution in [0.15, 0.2) is 96.5 Å². The van der Waals surface area contributed by atoms with Crippen molar-refractivity contribution in [2.75, 3.05) is 17.4 Å². The van der Waals surface area contributed by atoms with Gasteiger partial charge in [0.25, 0.3) is 10.0 Å². The van der Waals surface area contributed by atoms with Gasteiger partial charge in [-0.3, -0.25) is 19.3 Å². The normalized spacial score (nSPS) is 11.7. The van der Waals surface area contributed by atoms with Gasteiger partial charge in [0.1, 0.15) is 0 Å². The van der Waals surface area contributed by atoms with Crippen LogP contribution in [0.3, 0.4) is 0 Å². The van der Waals surface area contributed by atoms with Gasteiger partial charge in [0.15, 0.2) is 0 Å². The number of fused-ring (bicyclic) bond motifs is 2. The van der Waals surface area contributed by atoms with E-state index >= 15 is 0 Å². The SMILES string of the molecule is NCCN(c1cncc(-c2ccc3cnccc3c2)c1)S(=O)(=O)c1cccc2ncccc12. The Bertz CT molecular complexity index is 1560. The number of nitrogens with two attached hydrogens (primary N) is 1. The largest absolute Gasteiger partial charge is 0.329 e. The molecule has 0 aliphatic carbocycles. The Morgan fingerprint density at radius 2 is 1.73 bits per heavy atom. The Morgan fingerprint density at radius 3 is 2.61 bits per heavy atom. The van der Waals surface area contributed by atoms with Crippen molar-refractivity contribution >= 4 is 37.4 Å². The smallest absolute Gasteiger partial charge is 0.265 e. The van der Waals surface area contributed by atoms with E-state index in [1.165, 1.54) is 4.31 Å². The lowest BCUT2D eigenvalue weighted by molar-refractivity contribution is 0.591. The Labute approximate surface area is 191 Å². The van der Waals surface area contributed by atoms with Crippen molar-refractivity contribution < 1.29 is 8.42 Å². The lowest BCUT2D eigenvalue weighted by Gasteiger charge is -2.24. The summed E-state index contributed by atoms with van der Waals surface area (Å²) in [7, 11) is -3.91. The summed E-state index contributed by atoms with van der Waals surface area (Å²) in [5, 5.41) is 2.64. The Hall–Kier alpha value is -3.88. The monoisotopic (exact) mass is 455 g/mol. The maximum atomic E-state index is 13.8. The van der Waals surface area contributed by atoms with Gasteiger partial charge in [-0.1, -0.05) is 18.2 Å². The molecule has 8 heteroatoms. The molecular weight excluding hydrogens is 434 g/mol. The first-order valence-corrected chi connectivity index (χ1v) is 11.9. The van der Waals surface area contributed by atoms with E-state index in [2.05, 4.69) is 15.0 Å². The van der Waals surface area contributed by atoms with Crippen LogP contribution < -0.4 is 10.0 Å². The van der Waals surface area contributed by atoms with Gasteiger partial charge in [-0.15, -0.1) is 0 Å². The zero-order chi connectivity index (χ0) is 22.8. The van der Waals surface area contributed by atoms with Crippen LogP contribution in [0.2, 0.25) is 0 Å². The van der Waals surface area contributed by atoms with E-state index in [1.54, 1.807) is 55.1 Å². The quantitative estimate of drug-likeness (QED) is 0.415. The van der Waals surface area contributed by atoms with Gasteiger partial charge >= 0.3 is 0 Å². The van der Waals surface area contributed by atoms with Crippen molar-refractivity contribution in [2.24, 2.45) is 5.73 Å². The van der Waals surface area contributed by atoms with Gasteiger partial charge in [-0.05, 0) is 53.4 Å². The molecule has 0 unspecified atom stereocenters. The lowest BCUT2D eigenvalue weighted by atomic mass is 10.0. The van der Waals surface area contributed by atoms with Crippen molar-refractivity contribution in [3.05, 3.63) is 91.6 Å². The minimum absolute atomic E-state index is 0.119. The molecule has 0 amide bonds. The van der Waals surface area contributed by atoms with Crippen molar-refractivity contribution in [1.29, 1.82) is 0 Å². The molecule has 0 saturated carbocycles. The zero-order valence-corrected chi connectivity index (χ0v) is 18.5. The van der Waals surface area contributed by atoms with Crippen LogP contribution in [0.1, 0.15) is 0 Å². The van der Waals surface area contributed by atoms with E-state index in [4.69, 9.17) is 5.73 Å². The molecule has 33 heavy (non-hydrogen) atoms. The molecule has 164 valence electrons. The second kappa shape index (κ2) is 8.57. The molecule has 5 rings (SSSR count). The first-order valence-electron chi connectivity index (χ1n) is 10.4. The number of sulfonamides is 1. The molecule has 2 aromatic carbocycles. The highest BCUT2D eigenvalue weighted by Crippen LogP contribution is 2.31. The van der Waals surface area contributed by atoms with Crippen LogP contribution in [0.4, 0.5) is 5.69 Å². The highest BCUT2D eigenvalue weighted by atomic mass is 32.2. The van der Waals surface area contributed by atoms with Crippen molar-refractivity contribution in [2.45, 2.75) is 4.90 Å². The van der Waals surface area contributed by atoms with Crippen LogP contribution >= 0.6 is 0 Å². The predicted octanol–water partition coefficient (Wildman–Crippen LogP) is 4.00. The summed E-state index contributed by atoms with van der Waals surface area (Å²) in [5.41, 5.74) is 8.63. The maximum absolute atomic E-state index is 13.8. The summed E-state index contributed by atoms with van der Waals surface area (Å²) >= 11 is 0. The Morgan fingerprint density at radius 1 is 0.818 bits per heavy atom. The highest BCUT2D eigenvalue weighted by Gasteiger charge is 2.27. The third-order valence-electron chi connectivity index (χ3n) is 5.49. The van der Waals surface area contributed by atoms with E-state index in [1.807, 2.05) is 36.5 Å². The third-order valence-corrected chi connectivity index (χ3v) is 7.38. The standard InChI is InChI=1S/C25H21N5O2S/c26-9-12-30(33(31,32)25-5-1-4-24-23(25)3-2-10-29-24)22-14-21(16-28-17-22)18-6-7-20-15-27-11-8-19(20)13-18/h1-8,10-11,13-17H,9,12,26H2. The predicted molar refractivity (Wildman–Crippen MR) is 130 cm³/mol. The number of aromatic nitrogens is 3. The minimum Gasteiger partial charge on any atom is -0.329 e. The van der Waals surface area contributed by atoms with Gasteiger partial charge in [-0.25, -0.2) is 8.42 Å². The molecule has 5 aromatic rings. The summed E-state index contributed by atoms with van der Waals surface area (Å²) in [6, 6.07) is 18.3. The number of nitrogens with zero attached hydrogens (tertiary/aromatic N) is 4. The van der Waals surface area contributed by atoms with Gasteiger partial charge in [0.05, 0.1) is 22.3 Å². The number of hydrogen-bond acceptors (Lipinski definition) is 6. The average molecular weight is 456 g/mol. The molecule has 0 atom stereocenters. The van der Waals surface area contributed by atoms with Crippen LogP contribution in [-0.4, -0.2) is 36.5 Å². The Balaban J connectivity index is 1.61. The summed E-state index contributed by atoms with van der Waals surface area (Å²) in [6.07, 6.45) is 8.47. The van der Waals surface area contributed by atoms with E-state index in [0.717, 1.165) is 21.9 Å². The van der Waals surface area contributed by atoms with Crippen LogP contribution in [-0.2, 0) is 10.0 Å². The summed E-state index contributed by atoms with van der Waals surface area (Å²) in [6.45, 7) is 0.281. The fraction of sp³-hybridized carbons (Fsp3) is 0.0800. The molecule has 3 aromatic heterocycles. The topological polar surface area (TPSA) is 102 Å². The van der Waals surface area contributed by atoms with E-state index in [9.17, 15) is 8.42 Å². The Kier molecular flexibility index (Phi) is 5.45. The van der Waals surface area contributed by atoms with Gasteiger partial charge in [0.2, 0.25) is 0 Å². The molecule has 2 N–H and O–H groups in total. The maximum Gasteiger partial charge on any atom is 0.265 e. The fourth-order valence-corrected chi connectivity index (χ4v) is 5.57. The van der Waals surface area contributed by atoms with Gasteiger partial charge < -0.3 is 5.73 Å². The number of pyridine rings is 3. The summed E-state index contributed by atoms with van der Waals surface area (Å²) < 4.78 is 28.9. The summed E-state index contributed by atoms with van der Waals surface area (Å²) in [4.78, 5) is 13.0. The van der Waals surface area contributed by atoms with Gasteiger partial charge in [0, 0.05) is 54.2 Å². The first-order chi connectivity index (χ1) is 16.1. The number of hydrogen-bond donors (Lipinski definition) is 1. The molecule has 0 bridgehead atoms. The molecule has 0 saturated heterocycles. The highest BCUT2D eigenvalue weighted by molar-refractivity contribution is 7.93. The van der Waals surface area contributed by atoms with Crippen molar-refractivity contribution in [1.82, 2.24) is 15.0 Å². The number of anilines is 1. The van der Waals surface area contributed by atoms with Crippen molar-refractivity contribution in [3.8, 4) is 11.1 Å². The minimum atomic E-state index is -3.91. The lowest BCUT2D eigenvalue weighted by Crippen LogP contribution is -2.35. The first kappa shape index (κ1) is 21.0. The molecule has 0 fully saturated rings. The summed E-state index contributed by atoms with van der Waals surface area (Å²) in [5.74, 6) is 0. The third kappa shape index (κ3) is 3.90. The number of rotatable bonds is 6. The van der Waals surface area contributed by atoms with E-state index < -0.39 is 10.0 Å². The molecule has 7 nitrogen and oxygen atoms in total. The second-order valence-corrected chi connectivity index (χ2v) is 9.39. The molecule has 0 spiro atoms.